The summed E-state index contributed by atoms with van der Waals surface area (Å²) in [6, 6.07) is 0. The maximum absolute atomic E-state index is 12.1. The quantitative estimate of drug-likeness (QED) is 0.760. The Bertz CT molecular complexity index is 405. The first-order valence-electron chi connectivity index (χ1n) is 6.62. The van der Waals surface area contributed by atoms with Crippen molar-refractivity contribution < 1.29 is 19.5 Å². The van der Waals surface area contributed by atoms with Crippen LogP contribution in [0.2, 0.25) is 0 Å². The molecule has 5 nitrogen and oxygen atoms in total. The Morgan fingerprint density at radius 1 is 1.22 bits per heavy atom. The summed E-state index contributed by atoms with van der Waals surface area (Å²) < 4.78 is 0. The number of fused-ring (bicyclic) bond motifs is 2. The molecule has 1 saturated heterocycles. The Kier molecular flexibility index (Phi) is 2.47. The number of rotatable bonds is 3. The van der Waals surface area contributed by atoms with E-state index in [2.05, 4.69) is 0 Å². The van der Waals surface area contributed by atoms with Gasteiger partial charge in [-0.15, -0.1) is 0 Å². The fraction of sp³-hybridized carbons (Fsp3) is 0.769. The van der Waals surface area contributed by atoms with Gasteiger partial charge >= 0.3 is 5.97 Å². The predicted octanol–water partition coefficient (Wildman–Crippen LogP) is 1.03. The van der Waals surface area contributed by atoms with Gasteiger partial charge in [-0.25, -0.2) is 0 Å². The molecular weight excluding hydrogens is 234 g/mol. The second-order valence-electron chi connectivity index (χ2n) is 5.91. The third-order valence-corrected chi connectivity index (χ3v) is 4.89. The van der Waals surface area contributed by atoms with Crippen LogP contribution in [0.25, 0.3) is 0 Å². The predicted molar refractivity (Wildman–Crippen MR) is 61.5 cm³/mol. The largest absolute Gasteiger partial charge is 0.481 e. The first kappa shape index (κ1) is 11.7. The van der Waals surface area contributed by atoms with Gasteiger partial charge in [0.05, 0.1) is 5.41 Å². The lowest BCUT2D eigenvalue weighted by Crippen LogP contribution is -2.55. The lowest BCUT2D eigenvalue weighted by atomic mass is 9.68. The van der Waals surface area contributed by atoms with Crippen LogP contribution in [0.3, 0.4) is 0 Å². The number of hydrogen-bond acceptors (Lipinski definition) is 3. The van der Waals surface area contributed by atoms with Crippen molar-refractivity contribution in [2.24, 2.45) is 17.3 Å². The van der Waals surface area contributed by atoms with Crippen LogP contribution in [0.4, 0.5) is 0 Å². The SMILES string of the molecule is O=C1C2CCC(C2)C(=O)N1CC1(C(=O)O)CCC1. The highest BCUT2D eigenvalue weighted by Crippen LogP contribution is 2.45. The van der Waals surface area contributed by atoms with E-state index < -0.39 is 11.4 Å². The van der Waals surface area contributed by atoms with E-state index >= 15 is 0 Å². The van der Waals surface area contributed by atoms with Crippen LogP contribution in [0, 0.1) is 17.3 Å². The Morgan fingerprint density at radius 2 is 1.78 bits per heavy atom. The molecule has 1 heterocycles. The maximum Gasteiger partial charge on any atom is 0.311 e. The topological polar surface area (TPSA) is 74.7 Å². The summed E-state index contributed by atoms with van der Waals surface area (Å²) >= 11 is 0. The number of nitrogens with zero attached hydrogens (tertiary/aromatic N) is 1. The van der Waals surface area contributed by atoms with Gasteiger partial charge in [-0.3, -0.25) is 19.3 Å². The number of hydrogen-bond donors (Lipinski definition) is 1. The zero-order valence-corrected chi connectivity index (χ0v) is 10.2. The van der Waals surface area contributed by atoms with E-state index in [4.69, 9.17) is 0 Å². The number of piperidine rings is 1. The first-order chi connectivity index (χ1) is 8.53. The molecule has 5 heteroatoms. The fourth-order valence-electron chi connectivity index (χ4n) is 3.48. The highest BCUT2D eigenvalue weighted by atomic mass is 16.4. The van der Waals surface area contributed by atoms with Crippen LogP contribution < -0.4 is 0 Å². The van der Waals surface area contributed by atoms with E-state index in [0.717, 1.165) is 19.3 Å². The van der Waals surface area contributed by atoms with Gasteiger partial charge in [-0.2, -0.15) is 0 Å². The van der Waals surface area contributed by atoms with Crippen molar-refractivity contribution in [3.05, 3.63) is 0 Å². The van der Waals surface area contributed by atoms with Crippen LogP contribution >= 0.6 is 0 Å². The van der Waals surface area contributed by atoms with Crippen molar-refractivity contribution >= 4 is 17.8 Å². The molecule has 0 aromatic rings. The van der Waals surface area contributed by atoms with Gasteiger partial charge in [0.15, 0.2) is 0 Å². The molecule has 2 unspecified atom stereocenters. The van der Waals surface area contributed by atoms with E-state index in [1.165, 1.54) is 4.90 Å². The zero-order chi connectivity index (χ0) is 12.9. The van der Waals surface area contributed by atoms with E-state index in [9.17, 15) is 19.5 Å². The number of amides is 2. The third-order valence-electron chi connectivity index (χ3n) is 4.89. The smallest absolute Gasteiger partial charge is 0.311 e. The number of imide groups is 1. The number of aliphatic carboxylic acids is 1. The van der Waals surface area contributed by atoms with Gasteiger partial charge in [-0.05, 0) is 32.1 Å². The summed E-state index contributed by atoms with van der Waals surface area (Å²) in [5.74, 6) is -1.23. The van der Waals surface area contributed by atoms with Gasteiger partial charge in [-0.1, -0.05) is 6.42 Å². The summed E-state index contributed by atoms with van der Waals surface area (Å²) in [7, 11) is 0. The van der Waals surface area contributed by atoms with E-state index in [0.29, 0.717) is 19.3 Å². The Hall–Kier alpha value is -1.39. The van der Waals surface area contributed by atoms with Gasteiger partial charge < -0.3 is 5.11 Å². The standard InChI is InChI=1S/C13H17NO4/c15-10-8-2-3-9(6-8)11(16)14(10)7-13(12(17)18)4-1-5-13/h8-9H,1-7H2,(H,17,18). The lowest BCUT2D eigenvalue weighted by molar-refractivity contribution is -0.164. The van der Waals surface area contributed by atoms with Crippen molar-refractivity contribution in [3.8, 4) is 0 Å². The van der Waals surface area contributed by atoms with Gasteiger partial charge in [0.2, 0.25) is 11.8 Å². The summed E-state index contributed by atoms with van der Waals surface area (Å²) in [5, 5.41) is 9.29. The van der Waals surface area contributed by atoms with Gasteiger partial charge in [0.1, 0.15) is 0 Å². The Balaban J connectivity index is 1.81. The molecule has 2 amide bonds. The number of carboxylic acids is 1. The molecule has 3 rings (SSSR count). The van der Waals surface area contributed by atoms with Crippen LogP contribution in [0.5, 0.6) is 0 Å². The van der Waals surface area contributed by atoms with Crippen LogP contribution in [-0.4, -0.2) is 34.3 Å². The van der Waals surface area contributed by atoms with E-state index in [1.54, 1.807) is 0 Å². The van der Waals surface area contributed by atoms with E-state index in [-0.39, 0.29) is 30.2 Å². The molecule has 0 aromatic heterocycles. The van der Waals surface area contributed by atoms with Crippen LogP contribution in [0.1, 0.15) is 38.5 Å². The minimum absolute atomic E-state index is 0.0429. The van der Waals surface area contributed by atoms with Crippen molar-refractivity contribution in [2.75, 3.05) is 6.54 Å². The summed E-state index contributed by atoms with van der Waals surface area (Å²) in [4.78, 5) is 36.9. The molecule has 2 aliphatic carbocycles. The average molecular weight is 251 g/mol. The second-order valence-corrected chi connectivity index (χ2v) is 5.91. The number of carbonyl (C=O) groups excluding carboxylic acids is 2. The molecule has 2 saturated carbocycles. The molecule has 0 radical (unpaired) electrons. The summed E-state index contributed by atoms with van der Waals surface area (Å²) in [6.45, 7) is 0.0903. The molecular formula is C13H17NO4. The third kappa shape index (κ3) is 1.49. The zero-order valence-electron chi connectivity index (χ0n) is 10.2. The minimum atomic E-state index is -0.868. The minimum Gasteiger partial charge on any atom is -0.481 e. The summed E-state index contributed by atoms with van der Waals surface area (Å²) in [5.41, 5.74) is -0.859. The molecule has 98 valence electrons. The summed E-state index contributed by atoms with van der Waals surface area (Å²) in [6.07, 6.45) is 4.27. The Labute approximate surface area is 105 Å². The average Bonchev–Trinajstić information content (AvgIpc) is 2.71. The highest BCUT2D eigenvalue weighted by molar-refractivity contribution is 6.01. The van der Waals surface area contributed by atoms with Crippen LogP contribution in [0.15, 0.2) is 0 Å². The molecule has 2 atom stereocenters. The molecule has 0 spiro atoms. The van der Waals surface area contributed by atoms with Gasteiger partial charge in [0, 0.05) is 18.4 Å². The molecule has 2 bridgehead atoms. The van der Waals surface area contributed by atoms with Crippen molar-refractivity contribution in [2.45, 2.75) is 38.5 Å². The van der Waals surface area contributed by atoms with Crippen molar-refractivity contribution in [3.63, 3.8) is 0 Å². The second kappa shape index (κ2) is 3.80. The Morgan fingerprint density at radius 3 is 2.17 bits per heavy atom. The molecule has 18 heavy (non-hydrogen) atoms. The van der Waals surface area contributed by atoms with Crippen LogP contribution in [-0.2, 0) is 14.4 Å². The number of carbonyl (C=O) groups is 3. The monoisotopic (exact) mass is 251 g/mol. The molecule has 3 fully saturated rings. The van der Waals surface area contributed by atoms with Crippen molar-refractivity contribution in [1.82, 2.24) is 4.90 Å². The normalized spacial score (nSPS) is 33.4. The molecule has 1 N–H and O–H groups in total. The first-order valence-corrected chi connectivity index (χ1v) is 6.62. The highest BCUT2D eigenvalue weighted by Gasteiger charge is 2.52. The van der Waals surface area contributed by atoms with Crippen molar-refractivity contribution in [1.29, 1.82) is 0 Å². The van der Waals surface area contributed by atoms with E-state index in [1.807, 2.05) is 0 Å². The lowest BCUT2D eigenvalue weighted by Gasteiger charge is -2.42. The van der Waals surface area contributed by atoms with Gasteiger partial charge in [0.25, 0.3) is 0 Å². The number of carboxylic acid groups (broad SMARTS) is 1. The molecule has 1 aliphatic heterocycles. The number of likely N-dealkylation sites (tertiary alicyclic amines) is 1. The molecule has 0 aromatic carbocycles. The fourth-order valence-corrected chi connectivity index (χ4v) is 3.48. The molecule has 3 aliphatic rings. The maximum atomic E-state index is 12.1.